The van der Waals surface area contributed by atoms with Gasteiger partial charge in [0.25, 0.3) is 0 Å². The van der Waals surface area contributed by atoms with Crippen molar-refractivity contribution in [2.45, 2.75) is 95.4 Å². The number of fused-ring (bicyclic) bond motifs is 2. The molecule has 2 unspecified atom stereocenters. The Hall–Kier alpha value is -0.810. The Balaban J connectivity index is 0.00000160. The summed E-state index contributed by atoms with van der Waals surface area (Å²) in [4.78, 5) is 15.1. The van der Waals surface area contributed by atoms with Crippen LogP contribution in [0.2, 0.25) is 0 Å². The van der Waals surface area contributed by atoms with Crippen LogP contribution in [-0.2, 0) is 17.9 Å². The zero-order chi connectivity index (χ0) is 19.3. The van der Waals surface area contributed by atoms with Crippen molar-refractivity contribution in [1.29, 1.82) is 0 Å². The van der Waals surface area contributed by atoms with Gasteiger partial charge in [-0.15, -0.1) is 24.8 Å². The number of piperidine rings is 1. The van der Waals surface area contributed by atoms with E-state index in [1.54, 1.807) is 0 Å². The van der Waals surface area contributed by atoms with E-state index in [1.165, 1.54) is 68.9 Å². The van der Waals surface area contributed by atoms with Crippen LogP contribution in [0, 0.1) is 5.92 Å². The normalized spacial score (nSPS) is 26.0. The second-order valence-electron chi connectivity index (χ2n) is 9.43. The van der Waals surface area contributed by atoms with E-state index < -0.39 is 0 Å². The lowest BCUT2D eigenvalue weighted by atomic mass is 9.89. The van der Waals surface area contributed by atoms with Gasteiger partial charge >= 0.3 is 0 Å². The molecule has 3 aliphatic rings. The Morgan fingerprint density at radius 3 is 2.30 bits per heavy atom. The van der Waals surface area contributed by atoms with Crippen molar-refractivity contribution in [3.8, 4) is 0 Å². The standard InChI is InChI=1S/C24H37N3O.2ClH/c1-27(23-9-3-2-4-10-23)17-20-8-6-5-7-19(20)16-25-24(28)15-18-13-21-11-12-22(14-18)26-21;;/h5-8,18,21-23,26H,2-4,9-17H2,1H3,(H,25,28);2*1H. The first-order valence-corrected chi connectivity index (χ1v) is 11.5. The molecule has 1 aromatic carbocycles. The summed E-state index contributed by atoms with van der Waals surface area (Å²) in [5.74, 6) is 0.785. The predicted octanol–water partition coefficient (Wildman–Crippen LogP) is 4.83. The minimum absolute atomic E-state index is 0. The van der Waals surface area contributed by atoms with Crippen LogP contribution in [0.5, 0.6) is 0 Å². The van der Waals surface area contributed by atoms with Crippen LogP contribution >= 0.6 is 24.8 Å². The van der Waals surface area contributed by atoms with Gasteiger partial charge in [-0.2, -0.15) is 0 Å². The second-order valence-corrected chi connectivity index (χ2v) is 9.43. The number of nitrogens with one attached hydrogen (secondary N) is 2. The minimum Gasteiger partial charge on any atom is -0.352 e. The van der Waals surface area contributed by atoms with Gasteiger partial charge < -0.3 is 10.6 Å². The van der Waals surface area contributed by atoms with Crippen LogP contribution < -0.4 is 10.6 Å². The van der Waals surface area contributed by atoms with Gasteiger partial charge in [-0.25, -0.2) is 0 Å². The van der Waals surface area contributed by atoms with Crippen LogP contribution in [0.15, 0.2) is 24.3 Å². The van der Waals surface area contributed by atoms with Crippen LogP contribution in [0.25, 0.3) is 0 Å². The minimum atomic E-state index is 0. The quantitative estimate of drug-likeness (QED) is 0.618. The summed E-state index contributed by atoms with van der Waals surface area (Å²) in [6, 6.07) is 10.7. The number of hydrogen-bond donors (Lipinski definition) is 2. The lowest BCUT2D eigenvalue weighted by molar-refractivity contribution is -0.122. The molecular formula is C24H39Cl2N3O. The average Bonchev–Trinajstić information content (AvgIpc) is 3.06. The number of rotatable bonds is 7. The molecule has 170 valence electrons. The summed E-state index contributed by atoms with van der Waals surface area (Å²) in [7, 11) is 2.26. The fraction of sp³-hybridized carbons (Fsp3) is 0.708. The van der Waals surface area contributed by atoms with Crippen molar-refractivity contribution >= 4 is 30.7 Å². The first-order chi connectivity index (χ1) is 13.7. The number of benzene rings is 1. The molecule has 2 bridgehead atoms. The third-order valence-electron chi connectivity index (χ3n) is 7.26. The first-order valence-electron chi connectivity index (χ1n) is 11.5. The Bertz CT molecular complexity index is 654. The molecule has 4 rings (SSSR count). The topological polar surface area (TPSA) is 44.4 Å². The predicted molar refractivity (Wildman–Crippen MR) is 128 cm³/mol. The van der Waals surface area contributed by atoms with Crippen molar-refractivity contribution in [2.24, 2.45) is 5.92 Å². The highest BCUT2D eigenvalue weighted by atomic mass is 35.5. The molecule has 0 spiro atoms. The van der Waals surface area contributed by atoms with Crippen LogP contribution in [-0.4, -0.2) is 36.0 Å². The molecule has 2 N–H and O–H groups in total. The zero-order valence-electron chi connectivity index (χ0n) is 18.3. The van der Waals surface area contributed by atoms with Gasteiger partial charge in [0, 0.05) is 37.6 Å². The molecular weight excluding hydrogens is 417 g/mol. The molecule has 2 saturated heterocycles. The van der Waals surface area contributed by atoms with E-state index in [-0.39, 0.29) is 30.7 Å². The van der Waals surface area contributed by atoms with Crippen molar-refractivity contribution in [3.63, 3.8) is 0 Å². The molecule has 3 fully saturated rings. The molecule has 1 aromatic rings. The van der Waals surface area contributed by atoms with Crippen molar-refractivity contribution in [3.05, 3.63) is 35.4 Å². The van der Waals surface area contributed by atoms with E-state index in [0.29, 0.717) is 37.0 Å². The number of nitrogens with zero attached hydrogens (tertiary/aromatic N) is 1. The third kappa shape index (κ3) is 6.85. The van der Waals surface area contributed by atoms with Gasteiger partial charge in [0.15, 0.2) is 0 Å². The molecule has 1 amide bonds. The molecule has 6 heteroatoms. The Morgan fingerprint density at radius 1 is 1.00 bits per heavy atom. The fourth-order valence-corrected chi connectivity index (χ4v) is 5.67. The monoisotopic (exact) mass is 455 g/mol. The third-order valence-corrected chi connectivity index (χ3v) is 7.26. The molecule has 1 saturated carbocycles. The summed E-state index contributed by atoms with van der Waals surface area (Å²) in [6.07, 6.45) is 12.4. The van der Waals surface area contributed by atoms with Crippen molar-refractivity contribution in [2.75, 3.05) is 7.05 Å². The molecule has 2 atom stereocenters. The van der Waals surface area contributed by atoms with E-state index in [2.05, 4.69) is 46.8 Å². The Kier molecular flexibility index (Phi) is 10.4. The molecule has 2 aliphatic heterocycles. The van der Waals surface area contributed by atoms with Crippen molar-refractivity contribution < 1.29 is 4.79 Å². The number of halogens is 2. The summed E-state index contributed by atoms with van der Waals surface area (Å²) in [6.45, 7) is 1.64. The van der Waals surface area contributed by atoms with E-state index in [0.717, 1.165) is 6.54 Å². The van der Waals surface area contributed by atoms with Crippen LogP contribution in [0.3, 0.4) is 0 Å². The maximum atomic E-state index is 12.6. The van der Waals surface area contributed by atoms with E-state index >= 15 is 0 Å². The fourth-order valence-electron chi connectivity index (χ4n) is 5.67. The average molecular weight is 457 g/mol. The molecule has 30 heavy (non-hydrogen) atoms. The zero-order valence-corrected chi connectivity index (χ0v) is 19.9. The lowest BCUT2D eigenvalue weighted by Gasteiger charge is -2.31. The molecule has 2 heterocycles. The maximum Gasteiger partial charge on any atom is 0.220 e. The highest BCUT2D eigenvalue weighted by molar-refractivity contribution is 5.85. The van der Waals surface area contributed by atoms with Crippen LogP contribution in [0.4, 0.5) is 0 Å². The number of carbonyl (C=O) groups excluding carboxylic acids is 1. The Labute approximate surface area is 194 Å². The summed E-state index contributed by atoms with van der Waals surface area (Å²) in [5, 5.41) is 6.88. The van der Waals surface area contributed by atoms with Gasteiger partial charge in [0.2, 0.25) is 5.91 Å². The van der Waals surface area contributed by atoms with E-state index in [1.807, 2.05) is 0 Å². The van der Waals surface area contributed by atoms with Crippen LogP contribution in [0.1, 0.15) is 75.3 Å². The van der Waals surface area contributed by atoms with Crippen molar-refractivity contribution in [1.82, 2.24) is 15.5 Å². The summed E-state index contributed by atoms with van der Waals surface area (Å²) in [5.41, 5.74) is 2.62. The SMILES string of the molecule is CN(Cc1ccccc1CNC(=O)CC1CC2CCC(C1)N2)C1CCCCC1.Cl.Cl. The lowest BCUT2D eigenvalue weighted by Crippen LogP contribution is -2.39. The first kappa shape index (κ1) is 25.5. The second kappa shape index (κ2) is 12.3. The number of amides is 1. The van der Waals surface area contributed by atoms with Gasteiger partial charge in [0.05, 0.1) is 0 Å². The van der Waals surface area contributed by atoms with Gasteiger partial charge in [-0.05, 0) is 62.6 Å². The Morgan fingerprint density at radius 2 is 1.63 bits per heavy atom. The van der Waals surface area contributed by atoms with Gasteiger partial charge in [0.1, 0.15) is 0 Å². The number of hydrogen-bond acceptors (Lipinski definition) is 3. The van der Waals surface area contributed by atoms with Gasteiger partial charge in [-0.1, -0.05) is 43.5 Å². The molecule has 1 aliphatic carbocycles. The highest BCUT2D eigenvalue weighted by Crippen LogP contribution is 2.32. The van der Waals surface area contributed by atoms with E-state index in [4.69, 9.17) is 0 Å². The molecule has 0 aromatic heterocycles. The molecule has 0 radical (unpaired) electrons. The smallest absolute Gasteiger partial charge is 0.220 e. The van der Waals surface area contributed by atoms with Gasteiger partial charge in [-0.3, -0.25) is 9.69 Å². The summed E-state index contributed by atoms with van der Waals surface area (Å²) >= 11 is 0. The van der Waals surface area contributed by atoms with E-state index in [9.17, 15) is 4.79 Å². The highest BCUT2D eigenvalue weighted by Gasteiger charge is 2.34. The largest absolute Gasteiger partial charge is 0.352 e. The summed E-state index contributed by atoms with van der Waals surface area (Å²) < 4.78 is 0. The number of carbonyl (C=O) groups is 1. The maximum absolute atomic E-state index is 12.6. The molecule has 4 nitrogen and oxygen atoms in total.